The zero-order valence-electron chi connectivity index (χ0n) is 17.8. The molecule has 3 aromatic carbocycles. The van der Waals surface area contributed by atoms with Crippen LogP contribution in [-0.4, -0.2) is 30.1 Å². The number of hydrogen-bond acceptors (Lipinski definition) is 2. The molecule has 7 heteroatoms. The first kappa shape index (κ1) is 21.4. The van der Waals surface area contributed by atoms with Gasteiger partial charge < -0.3 is 15.5 Å². The van der Waals surface area contributed by atoms with E-state index in [0.717, 1.165) is 17.5 Å². The molecule has 0 atom stereocenters. The van der Waals surface area contributed by atoms with Crippen LogP contribution in [0.3, 0.4) is 0 Å². The van der Waals surface area contributed by atoms with Crippen LogP contribution in [0.1, 0.15) is 17.5 Å². The lowest BCUT2D eigenvalue weighted by molar-refractivity contribution is 0.192. The van der Waals surface area contributed by atoms with Crippen LogP contribution in [0.5, 0.6) is 0 Å². The Kier molecular flexibility index (Phi) is 6.35. The molecule has 164 valence electrons. The number of aryl methyl sites for hydroxylation is 1. The van der Waals surface area contributed by atoms with Crippen molar-refractivity contribution in [2.24, 2.45) is 0 Å². The van der Waals surface area contributed by atoms with Gasteiger partial charge in [0.1, 0.15) is 5.82 Å². The number of amides is 4. The second-order valence-corrected chi connectivity index (χ2v) is 7.83. The third-order valence-corrected chi connectivity index (χ3v) is 5.30. The molecule has 0 radical (unpaired) electrons. The summed E-state index contributed by atoms with van der Waals surface area (Å²) >= 11 is 0. The number of anilines is 3. The zero-order valence-corrected chi connectivity index (χ0v) is 17.8. The van der Waals surface area contributed by atoms with E-state index in [1.165, 1.54) is 12.1 Å². The van der Waals surface area contributed by atoms with E-state index in [-0.39, 0.29) is 17.9 Å². The number of nitrogens with one attached hydrogen (secondary N) is 2. The quantitative estimate of drug-likeness (QED) is 0.550. The molecular formula is C25H25FN4O2. The van der Waals surface area contributed by atoms with Gasteiger partial charge in [-0.1, -0.05) is 35.9 Å². The van der Waals surface area contributed by atoms with Gasteiger partial charge in [-0.15, -0.1) is 0 Å². The minimum atomic E-state index is -0.358. The molecule has 0 aliphatic carbocycles. The van der Waals surface area contributed by atoms with Crippen LogP contribution in [0.4, 0.5) is 31.0 Å². The van der Waals surface area contributed by atoms with Gasteiger partial charge in [-0.3, -0.25) is 4.90 Å². The van der Waals surface area contributed by atoms with E-state index < -0.39 is 0 Å². The predicted molar refractivity (Wildman–Crippen MR) is 124 cm³/mol. The predicted octanol–water partition coefficient (Wildman–Crippen LogP) is 5.61. The highest BCUT2D eigenvalue weighted by Crippen LogP contribution is 2.24. The number of carbonyl (C=O) groups excluding carboxylic acids is 2. The first-order valence-electron chi connectivity index (χ1n) is 10.5. The number of benzene rings is 3. The van der Waals surface area contributed by atoms with E-state index >= 15 is 0 Å². The summed E-state index contributed by atoms with van der Waals surface area (Å²) in [5.74, 6) is -0.313. The highest BCUT2D eigenvalue weighted by Gasteiger charge is 2.27. The monoisotopic (exact) mass is 432 g/mol. The molecular weight excluding hydrogens is 407 g/mol. The van der Waals surface area contributed by atoms with Crippen molar-refractivity contribution in [1.82, 2.24) is 4.90 Å². The zero-order chi connectivity index (χ0) is 22.5. The number of nitrogens with zero attached hydrogens (tertiary/aromatic N) is 2. The summed E-state index contributed by atoms with van der Waals surface area (Å²) in [5.41, 5.74) is 3.85. The molecule has 0 spiro atoms. The summed E-state index contributed by atoms with van der Waals surface area (Å²) in [4.78, 5) is 28.8. The van der Waals surface area contributed by atoms with Gasteiger partial charge in [0, 0.05) is 36.7 Å². The summed E-state index contributed by atoms with van der Waals surface area (Å²) in [7, 11) is 0. The Morgan fingerprint density at radius 1 is 0.938 bits per heavy atom. The Balaban J connectivity index is 1.43. The van der Waals surface area contributed by atoms with E-state index in [4.69, 9.17) is 0 Å². The largest absolute Gasteiger partial charge is 0.324 e. The van der Waals surface area contributed by atoms with Crippen LogP contribution >= 0.6 is 0 Å². The fraction of sp³-hybridized carbons (Fsp3) is 0.200. The highest BCUT2D eigenvalue weighted by atomic mass is 19.1. The SMILES string of the molecule is Cc1ccc(NC(=O)Nc2cccc(N3CCCN(Cc4cccc(F)c4)C3=O)c2)cc1. The van der Waals surface area contributed by atoms with Gasteiger partial charge in [0.15, 0.2) is 0 Å². The lowest BCUT2D eigenvalue weighted by Crippen LogP contribution is -2.49. The summed E-state index contributed by atoms with van der Waals surface area (Å²) in [6.45, 7) is 3.53. The van der Waals surface area contributed by atoms with Gasteiger partial charge in [0.2, 0.25) is 0 Å². The standard InChI is InChI=1S/C25H25FN4O2/c1-18-9-11-21(12-10-18)27-24(31)28-22-7-3-8-23(16-22)30-14-4-13-29(25(30)32)17-19-5-2-6-20(26)15-19/h2-3,5-12,15-16H,4,13-14,17H2,1H3,(H2,27,28,31). The summed E-state index contributed by atoms with van der Waals surface area (Å²) in [6.07, 6.45) is 0.798. The van der Waals surface area contributed by atoms with Crippen LogP contribution in [0, 0.1) is 12.7 Å². The minimum absolute atomic E-state index is 0.137. The molecule has 0 saturated carbocycles. The summed E-state index contributed by atoms with van der Waals surface area (Å²) < 4.78 is 13.5. The molecule has 2 N–H and O–H groups in total. The average molecular weight is 432 g/mol. The van der Waals surface area contributed by atoms with E-state index in [2.05, 4.69) is 10.6 Å². The van der Waals surface area contributed by atoms with Crippen LogP contribution in [-0.2, 0) is 6.54 Å². The van der Waals surface area contributed by atoms with Crippen molar-refractivity contribution in [3.8, 4) is 0 Å². The molecule has 1 aliphatic rings. The number of urea groups is 2. The fourth-order valence-electron chi connectivity index (χ4n) is 3.71. The normalized spacial score (nSPS) is 13.8. The van der Waals surface area contributed by atoms with Gasteiger partial charge >= 0.3 is 12.1 Å². The molecule has 4 amide bonds. The molecule has 1 heterocycles. The molecule has 4 rings (SSSR count). The Hall–Kier alpha value is -3.87. The highest BCUT2D eigenvalue weighted by molar-refractivity contribution is 6.00. The van der Waals surface area contributed by atoms with Crippen LogP contribution < -0.4 is 15.5 Å². The van der Waals surface area contributed by atoms with Crippen LogP contribution in [0.2, 0.25) is 0 Å². The van der Waals surface area contributed by atoms with Crippen LogP contribution in [0.25, 0.3) is 0 Å². The number of halogens is 1. The average Bonchev–Trinajstić information content (AvgIpc) is 2.77. The fourth-order valence-corrected chi connectivity index (χ4v) is 3.71. The molecule has 0 aromatic heterocycles. The Bertz CT molecular complexity index is 1120. The molecule has 6 nitrogen and oxygen atoms in total. The van der Waals surface area contributed by atoms with Crippen molar-refractivity contribution in [1.29, 1.82) is 0 Å². The molecule has 1 aliphatic heterocycles. The third-order valence-electron chi connectivity index (χ3n) is 5.30. The van der Waals surface area contributed by atoms with Crippen molar-refractivity contribution in [2.75, 3.05) is 28.6 Å². The van der Waals surface area contributed by atoms with Crippen molar-refractivity contribution in [3.63, 3.8) is 0 Å². The van der Waals surface area contributed by atoms with Crippen molar-refractivity contribution in [2.45, 2.75) is 19.9 Å². The lowest BCUT2D eigenvalue weighted by atomic mass is 10.1. The Morgan fingerprint density at radius 3 is 2.47 bits per heavy atom. The smallest absolute Gasteiger partial charge is 0.320 e. The van der Waals surface area contributed by atoms with Crippen molar-refractivity contribution < 1.29 is 14.0 Å². The summed E-state index contributed by atoms with van der Waals surface area (Å²) in [6, 6.07) is 20.5. The van der Waals surface area contributed by atoms with E-state index in [1.54, 1.807) is 34.1 Å². The lowest BCUT2D eigenvalue weighted by Gasteiger charge is -2.36. The van der Waals surface area contributed by atoms with Crippen molar-refractivity contribution in [3.05, 3.63) is 89.7 Å². The van der Waals surface area contributed by atoms with Crippen molar-refractivity contribution >= 4 is 29.1 Å². The van der Waals surface area contributed by atoms with Gasteiger partial charge in [-0.05, 0) is 61.4 Å². The molecule has 1 fully saturated rings. The maximum absolute atomic E-state index is 13.5. The number of rotatable bonds is 5. The number of carbonyl (C=O) groups is 2. The van der Waals surface area contributed by atoms with Crippen LogP contribution in [0.15, 0.2) is 72.8 Å². The van der Waals surface area contributed by atoms with E-state index in [0.29, 0.717) is 36.7 Å². The maximum Gasteiger partial charge on any atom is 0.324 e. The summed E-state index contributed by atoms with van der Waals surface area (Å²) in [5, 5.41) is 5.61. The van der Waals surface area contributed by atoms with E-state index in [9.17, 15) is 14.0 Å². The van der Waals surface area contributed by atoms with Gasteiger partial charge in [0.05, 0.1) is 0 Å². The Labute approximate surface area is 186 Å². The molecule has 0 unspecified atom stereocenters. The Morgan fingerprint density at radius 2 is 1.69 bits per heavy atom. The third kappa shape index (κ3) is 5.24. The van der Waals surface area contributed by atoms with E-state index in [1.807, 2.05) is 43.3 Å². The minimum Gasteiger partial charge on any atom is -0.320 e. The van der Waals surface area contributed by atoms with Gasteiger partial charge in [-0.25, -0.2) is 14.0 Å². The first-order valence-corrected chi connectivity index (χ1v) is 10.5. The van der Waals surface area contributed by atoms with Gasteiger partial charge in [-0.2, -0.15) is 0 Å². The maximum atomic E-state index is 13.5. The number of hydrogen-bond donors (Lipinski definition) is 2. The molecule has 32 heavy (non-hydrogen) atoms. The molecule has 3 aromatic rings. The van der Waals surface area contributed by atoms with Gasteiger partial charge in [0.25, 0.3) is 0 Å². The topological polar surface area (TPSA) is 64.7 Å². The molecule has 1 saturated heterocycles. The second kappa shape index (κ2) is 9.51. The second-order valence-electron chi connectivity index (χ2n) is 7.83. The molecule has 0 bridgehead atoms. The first-order chi connectivity index (χ1) is 15.5.